The Labute approximate surface area is 197 Å². The molecule has 0 spiro atoms. The molecule has 4 aromatic rings. The number of nitrogens with zero attached hydrogens (tertiary/aromatic N) is 1. The Hall–Kier alpha value is -3.93. The van der Waals surface area contributed by atoms with Crippen LogP contribution < -0.4 is 5.76 Å². The highest BCUT2D eigenvalue weighted by Crippen LogP contribution is 2.35. The zero-order valence-corrected chi connectivity index (χ0v) is 18.9. The monoisotopic (exact) mass is 459 g/mol. The van der Waals surface area contributed by atoms with Gasteiger partial charge in [0.15, 0.2) is 11.8 Å². The lowest BCUT2D eigenvalue weighted by molar-refractivity contribution is -0.151. The molecule has 174 valence electrons. The Balaban J connectivity index is 1.83. The Morgan fingerprint density at radius 1 is 0.912 bits per heavy atom. The number of hydrogen-bond acceptors (Lipinski definition) is 4. The van der Waals surface area contributed by atoms with Gasteiger partial charge in [-0.3, -0.25) is 4.57 Å². The molecule has 0 N–H and O–H groups in total. The number of halogens is 1. The van der Waals surface area contributed by atoms with Gasteiger partial charge in [0, 0.05) is 11.1 Å². The van der Waals surface area contributed by atoms with Gasteiger partial charge in [-0.1, -0.05) is 104 Å². The van der Waals surface area contributed by atoms with Crippen molar-refractivity contribution in [2.45, 2.75) is 38.6 Å². The molecule has 1 heterocycles. The molecular weight excluding hydrogens is 433 g/mol. The molecule has 34 heavy (non-hydrogen) atoms. The summed E-state index contributed by atoms with van der Waals surface area (Å²) < 4.78 is 27.8. The lowest BCUT2D eigenvalue weighted by Crippen LogP contribution is -2.35. The van der Waals surface area contributed by atoms with Gasteiger partial charge in [-0.2, -0.15) is 0 Å². The number of carbonyl (C=O) groups is 1. The molecule has 1 aromatic heterocycles. The largest absolute Gasteiger partial charge is 0.459 e. The highest BCUT2D eigenvalue weighted by molar-refractivity contribution is 5.81. The van der Waals surface area contributed by atoms with E-state index in [0.29, 0.717) is 23.2 Å². The van der Waals surface area contributed by atoms with Crippen LogP contribution in [0.1, 0.15) is 31.4 Å². The summed E-state index contributed by atoms with van der Waals surface area (Å²) in [5.41, 5.74) is 2.40. The maximum Gasteiger partial charge on any atom is 0.420 e. The number of rotatable bonds is 9. The van der Waals surface area contributed by atoms with Gasteiger partial charge >= 0.3 is 11.7 Å². The number of esters is 1. The summed E-state index contributed by atoms with van der Waals surface area (Å²) in [6, 6.07) is 25.8. The summed E-state index contributed by atoms with van der Waals surface area (Å²) in [6.45, 7) is 1.80. The van der Waals surface area contributed by atoms with Crippen molar-refractivity contribution in [3.05, 3.63) is 107 Å². The molecule has 0 saturated heterocycles. The Morgan fingerprint density at radius 3 is 2.06 bits per heavy atom. The summed E-state index contributed by atoms with van der Waals surface area (Å²) in [5.74, 6) is -1.34. The predicted molar refractivity (Wildman–Crippen MR) is 129 cm³/mol. The third-order valence-corrected chi connectivity index (χ3v) is 5.58. The number of oxazole rings is 1. The molecule has 3 aromatic carbocycles. The lowest BCUT2D eigenvalue weighted by Gasteiger charge is -2.22. The van der Waals surface area contributed by atoms with E-state index in [1.165, 1.54) is 0 Å². The van der Waals surface area contributed by atoms with Crippen LogP contribution in [-0.4, -0.2) is 16.7 Å². The molecule has 6 heteroatoms. The molecule has 5 nitrogen and oxygen atoms in total. The van der Waals surface area contributed by atoms with Crippen molar-refractivity contribution in [1.29, 1.82) is 0 Å². The van der Waals surface area contributed by atoms with Crippen LogP contribution in [0.25, 0.3) is 22.6 Å². The highest BCUT2D eigenvalue weighted by Gasteiger charge is 2.37. The summed E-state index contributed by atoms with van der Waals surface area (Å²) in [5, 5.41) is 0. The van der Waals surface area contributed by atoms with Crippen LogP contribution in [0.15, 0.2) is 100 Å². The minimum atomic E-state index is -1.63. The van der Waals surface area contributed by atoms with E-state index in [9.17, 15) is 9.59 Å². The minimum absolute atomic E-state index is 0.0200. The maximum absolute atomic E-state index is 15.5. The highest BCUT2D eigenvalue weighted by atomic mass is 19.1. The fraction of sp³-hybridized carbons (Fsp3) is 0.214. The number of alkyl halides is 1. The van der Waals surface area contributed by atoms with Crippen molar-refractivity contribution in [3.63, 3.8) is 0 Å². The summed E-state index contributed by atoms with van der Waals surface area (Å²) in [6.07, 6.45) is -1.03. The summed E-state index contributed by atoms with van der Waals surface area (Å²) in [7, 11) is 0. The number of benzene rings is 3. The fourth-order valence-corrected chi connectivity index (χ4v) is 3.95. The molecule has 0 aliphatic rings. The SMILES string of the molecule is CCCC(F)C(C(=O)OCc1ccccc1)n1c(-c2ccccc2)c(-c2ccccc2)oc1=O. The van der Waals surface area contributed by atoms with Gasteiger partial charge in [0.05, 0.1) is 5.69 Å². The van der Waals surface area contributed by atoms with Gasteiger partial charge in [0.25, 0.3) is 0 Å². The molecule has 0 bridgehead atoms. The first-order chi connectivity index (χ1) is 16.6. The first-order valence-corrected chi connectivity index (χ1v) is 11.3. The van der Waals surface area contributed by atoms with Crippen LogP contribution in [0.4, 0.5) is 4.39 Å². The third kappa shape index (κ3) is 5.01. The average Bonchev–Trinajstić information content (AvgIpc) is 3.21. The van der Waals surface area contributed by atoms with Crippen molar-refractivity contribution in [1.82, 2.24) is 4.57 Å². The van der Waals surface area contributed by atoms with Crippen LogP contribution >= 0.6 is 0 Å². The van der Waals surface area contributed by atoms with Gasteiger partial charge in [-0.15, -0.1) is 0 Å². The van der Waals surface area contributed by atoms with E-state index in [-0.39, 0.29) is 18.8 Å². The lowest BCUT2D eigenvalue weighted by atomic mass is 10.0. The molecule has 0 amide bonds. The van der Waals surface area contributed by atoms with Crippen LogP contribution in [-0.2, 0) is 16.1 Å². The third-order valence-electron chi connectivity index (χ3n) is 5.58. The molecule has 0 saturated carbocycles. The van der Waals surface area contributed by atoms with Crippen molar-refractivity contribution in [2.24, 2.45) is 0 Å². The van der Waals surface area contributed by atoms with E-state index in [1.807, 2.05) is 73.7 Å². The molecule has 2 atom stereocenters. The van der Waals surface area contributed by atoms with Gasteiger partial charge in [-0.05, 0) is 12.0 Å². The van der Waals surface area contributed by atoms with E-state index in [2.05, 4.69) is 0 Å². The normalized spacial score (nSPS) is 12.8. The number of hydrogen-bond donors (Lipinski definition) is 0. The zero-order valence-electron chi connectivity index (χ0n) is 18.9. The average molecular weight is 460 g/mol. The van der Waals surface area contributed by atoms with Crippen LogP contribution in [0.3, 0.4) is 0 Å². The van der Waals surface area contributed by atoms with Crippen LogP contribution in [0, 0.1) is 0 Å². The minimum Gasteiger partial charge on any atom is -0.459 e. The van der Waals surface area contributed by atoms with E-state index in [1.54, 1.807) is 24.3 Å². The number of ether oxygens (including phenoxy) is 1. The molecule has 0 aliphatic carbocycles. The van der Waals surface area contributed by atoms with E-state index >= 15 is 4.39 Å². The first kappa shape index (κ1) is 23.2. The standard InChI is InChI=1S/C28H26FNO4/c1-2-12-23(29)25(27(31)33-19-20-13-6-3-7-14-20)30-24(21-15-8-4-9-16-21)26(34-28(30)32)22-17-10-5-11-18-22/h3-11,13-18,23,25H,2,12,19H2,1H3. The van der Waals surface area contributed by atoms with Gasteiger partial charge in [0.1, 0.15) is 12.8 Å². The topological polar surface area (TPSA) is 61.4 Å². The van der Waals surface area contributed by atoms with Crippen LogP contribution in [0.2, 0.25) is 0 Å². The first-order valence-electron chi connectivity index (χ1n) is 11.3. The smallest absolute Gasteiger partial charge is 0.420 e. The Kier molecular flexibility index (Phi) is 7.38. The van der Waals surface area contributed by atoms with Crippen molar-refractivity contribution < 1.29 is 18.3 Å². The molecule has 4 rings (SSSR count). The zero-order chi connectivity index (χ0) is 23.9. The molecule has 2 unspecified atom stereocenters. The quantitative estimate of drug-likeness (QED) is 0.280. The molecule has 0 aliphatic heterocycles. The fourth-order valence-electron chi connectivity index (χ4n) is 3.95. The second kappa shape index (κ2) is 10.8. The second-order valence-electron chi connectivity index (χ2n) is 7.99. The van der Waals surface area contributed by atoms with E-state index < -0.39 is 23.9 Å². The summed E-state index contributed by atoms with van der Waals surface area (Å²) >= 11 is 0. The van der Waals surface area contributed by atoms with Crippen molar-refractivity contribution >= 4 is 5.97 Å². The van der Waals surface area contributed by atoms with E-state index in [0.717, 1.165) is 10.1 Å². The predicted octanol–water partition coefficient (Wildman–Crippen LogP) is 6.20. The molecule has 0 fully saturated rings. The van der Waals surface area contributed by atoms with E-state index in [4.69, 9.17) is 9.15 Å². The van der Waals surface area contributed by atoms with Crippen LogP contribution in [0.5, 0.6) is 0 Å². The maximum atomic E-state index is 15.5. The molecule has 0 radical (unpaired) electrons. The Morgan fingerprint density at radius 2 is 1.47 bits per heavy atom. The van der Waals surface area contributed by atoms with Gasteiger partial charge in [0.2, 0.25) is 0 Å². The number of aromatic nitrogens is 1. The molecular formula is C28H26FNO4. The van der Waals surface area contributed by atoms with Crippen molar-refractivity contribution in [2.75, 3.05) is 0 Å². The summed E-state index contributed by atoms with van der Waals surface area (Å²) in [4.78, 5) is 26.4. The van der Waals surface area contributed by atoms with Crippen molar-refractivity contribution in [3.8, 4) is 22.6 Å². The van der Waals surface area contributed by atoms with Gasteiger partial charge in [-0.25, -0.2) is 14.0 Å². The van der Waals surface area contributed by atoms with Gasteiger partial charge < -0.3 is 9.15 Å². The Bertz CT molecular complexity index is 1270. The second-order valence-corrected chi connectivity index (χ2v) is 7.99. The number of carbonyl (C=O) groups excluding carboxylic acids is 1.